The van der Waals surface area contributed by atoms with Gasteiger partial charge in [-0.3, -0.25) is 0 Å². The molecule has 0 aliphatic rings. The van der Waals surface area contributed by atoms with Crippen LogP contribution in [0.3, 0.4) is 0 Å². The molecule has 4 nitrogen and oxygen atoms in total. The highest BCUT2D eigenvalue weighted by molar-refractivity contribution is 5.58. The van der Waals surface area contributed by atoms with Gasteiger partial charge in [-0.05, 0) is 43.8 Å². The molecule has 2 rings (SSSR count). The van der Waals surface area contributed by atoms with E-state index in [0.717, 1.165) is 25.3 Å². The van der Waals surface area contributed by atoms with E-state index in [1.54, 1.807) is 24.3 Å². The number of aliphatic hydroxyl groups excluding tert-OH is 1. The normalized spacial score (nSPS) is 11.0. The van der Waals surface area contributed by atoms with Gasteiger partial charge in [0, 0.05) is 6.54 Å². The second kappa shape index (κ2) is 8.56. The largest absolute Gasteiger partial charge is 0.460 e. The van der Waals surface area contributed by atoms with Gasteiger partial charge in [-0.2, -0.15) is 0 Å². The molecule has 0 aliphatic heterocycles. The molecule has 1 aromatic carbocycles. The Morgan fingerprint density at radius 2 is 1.81 bits per heavy atom. The maximum atomic E-state index is 13.6. The molecule has 0 saturated carbocycles. The Morgan fingerprint density at radius 3 is 2.62 bits per heavy atom. The summed E-state index contributed by atoms with van der Waals surface area (Å²) in [5, 5.41) is 15.0. The predicted molar refractivity (Wildman–Crippen MR) is 80.4 cm³/mol. The zero-order chi connectivity index (χ0) is 14.9. The Morgan fingerprint density at radius 1 is 1.00 bits per heavy atom. The smallest absolute Gasteiger partial charge is 0.137 e. The van der Waals surface area contributed by atoms with Crippen molar-refractivity contribution in [2.24, 2.45) is 0 Å². The summed E-state index contributed by atoms with van der Waals surface area (Å²) in [5.74, 6) is 1.06. The van der Waals surface area contributed by atoms with Crippen molar-refractivity contribution in [2.45, 2.75) is 13.0 Å². The Bertz CT molecular complexity index is 543. The molecule has 0 bridgehead atoms. The Hall–Kier alpha value is -1.69. The number of aliphatic hydroxyl groups is 1. The topological polar surface area (TPSA) is 57.4 Å². The van der Waals surface area contributed by atoms with E-state index in [4.69, 9.17) is 9.52 Å². The van der Waals surface area contributed by atoms with Crippen molar-refractivity contribution in [1.29, 1.82) is 0 Å². The van der Waals surface area contributed by atoms with Crippen LogP contribution in [0.2, 0.25) is 0 Å². The lowest BCUT2D eigenvalue weighted by Gasteiger charge is -2.04. The highest BCUT2D eigenvalue weighted by atomic mass is 19.1. The lowest BCUT2D eigenvalue weighted by atomic mass is 10.1. The van der Waals surface area contributed by atoms with Gasteiger partial charge in [0.05, 0.1) is 18.7 Å². The van der Waals surface area contributed by atoms with Crippen molar-refractivity contribution in [3.8, 4) is 11.3 Å². The molecule has 0 atom stereocenters. The molecule has 1 heterocycles. The van der Waals surface area contributed by atoms with E-state index in [1.165, 1.54) is 6.07 Å². The minimum atomic E-state index is -0.277. The second-order valence-corrected chi connectivity index (χ2v) is 4.75. The van der Waals surface area contributed by atoms with Crippen molar-refractivity contribution < 1.29 is 13.9 Å². The van der Waals surface area contributed by atoms with Crippen LogP contribution in [0.25, 0.3) is 11.3 Å². The van der Waals surface area contributed by atoms with Crippen LogP contribution in [-0.2, 0) is 6.54 Å². The maximum absolute atomic E-state index is 13.6. The lowest BCUT2D eigenvalue weighted by molar-refractivity contribution is 0.292. The predicted octanol–water partition coefficient (Wildman–Crippen LogP) is 2.15. The van der Waals surface area contributed by atoms with E-state index >= 15 is 0 Å². The molecular weight excluding hydrogens is 271 g/mol. The third kappa shape index (κ3) is 4.97. The van der Waals surface area contributed by atoms with Crippen LogP contribution in [0, 0.1) is 5.82 Å². The molecule has 0 unspecified atom stereocenters. The van der Waals surface area contributed by atoms with Crippen LogP contribution in [0.15, 0.2) is 40.8 Å². The SMILES string of the molecule is OCCNCCCNCc1ccc(-c2ccccc2F)o1. The first-order valence-electron chi connectivity index (χ1n) is 7.17. The Kier molecular flexibility index (Phi) is 6.40. The zero-order valence-electron chi connectivity index (χ0n) is 11.9. The Labute approximate surface area is 124 Å². The van der Waals surface area contributed by atoms with Crippen LogP contribution >= 0.6 is 0 Å². The summed E-state index contributed by atoms with van der Waals surface area (Å²) in [6.07, 6.45) is 0.973. The summed E-state index contributed by atoms with van der Waals surface area (Å²) < 4.78 is 19.3. The van der Waals surface area contributed by atoms with Crippen LogP contribution in [0.5, 0.6) is 0 Å². The average molecular weight is 292 g/mol. The van der Waals surface area contributed by atoms with E-state index in [2.05, 4.69) is 10.6 Å². The molecule has 0 fully saturated rings. The number of halogens is 1. The van der Waals surface area contributed by atoms with Crippen LogP contribution in [0.4, 0.5) is 4.39 Å². The monoisotopic (exact) mass is 292 g/mol. The number of hydrogen-bond acceptors (Lipinski definition) is 4. The quantitative estimate of drug-likeness (QED) is 0.620. The van der Waals surface area contributed by atoms with Gasteiger partial charge in [0.2, 0.25) is 0 Å². The molecule has 0 amide bonds. The van der Waals surface area contributed by atoms with E-state index < -0.39 is 0 Å². The van der Waals surface area contributed by atoms with Gasteiger partial charge in [0.25, 0.3) is 0 Å². The number of rotatable bonds is 9. The number of furan rings is 1. The molecule has 21 heavy (non-hydrogen) atoms. The van der Waals surface area contributed by atoms with Crippen molar-refractivity contribution in [3.63, 3.8) is 0 Å². The molecule has 0 aliphatic carbocycles. The number of nitrogens with one attached hydrogen (secondary N) is 2. The first kappa shape index (κ1) is 15.7. The standard InChI is InChI=1S/C16H21FN2O2/c17-15-5-2-1-4-14(15)16-7-6-13(21-16)12-19-9-3-8-18-10-11-20/h1-2,4-7,18-20H,3,8-12H2. The summed E-state index contributed by atoms with van der Waals surface area (Å²) in [7, 11) is 0. The van der Waals surface area contributed by atoms with E-state index in [1.807, 2.05) is 6.07 Å². The van der Waals surface area contributed by atoms with E-state index in [-0.39, 0.29) is 12.4 Å². The van der Waals surface area contributed by atoms with Crippen molar-refractivity contribution in [1.82, 2.24) is 10.6 Å². The third-order valence-corrected chi connectivity index (χ3v) is 3.10. The van der Waals surface area contributed by atoms with Crippen molar-refractivity contribution in [3.05, 3.63) is 48.0 Å². The average Bonchev–Trinajstić information content (AvgIpc) is 2.95. The van der Waals surface area contributed by atoms with Gasteiger partial charge in [-0.15, -0.1) is 0 Å². The van der Waals surface area contributed by atoms with Gasteiger partial charge >= 0.3 is 0 Å². The van der Waals surface area contributed by atoms with Gasteiger partial charge in [-0.1, -0.05) is 12.1 Å². The molecule has 0 spiro atoms. The highest BCUT2D eigenvalue weighted by Crippen LogP contribution is 2.24. The lowest BCUT2D eigenvalue weighted by Crippen LogP contribution is -2.23. The fraction of sp³-hybridized carbons (Fsp3) is 0.375. The molecule has 2 aromatic rings. The first-order valence-corrected chi connectivity index (χ1v) is 7.17. The van der Waals surface area contributed by atoms with Gasteiger partial charge in [0.15, 0.2) is 0 Å². The first-order chi connectivity index (χ1) is 10.3. The van der Waals surface area contributed by atoms with Crippen molar-refractivity contribution in [2.75, 3.05) is 26.2 Å². The minimum Gasteiger partial charge on any atom is -0.460 e. The highest BCUT2D eigenvalue weighted by Gasteiger charge is 2.08. The summed E-state index contributed by atoms with van der Waals surface area (Å²) in [6.45, 7) is 3.14. The van der Waals surface area contributed by atoms with E-state index in [0.29, 0.717) is 24.4 Å². The third-order valence-electron chi connectivity index (χ3n) is 3.10. The molecular formula is C16H21FN2O2. The molecule has 5 heteroatoms. The van der Waals surface area contributed by atoms with Crippen molar-refractivity contribution >= 4 is 0 Å². The summed E-state index contributed by atoms with van der Waals surface area (Å²) in [6, 6.07) is 10.2. The molecule has 0 radical (unpaired) electrons. The summed E-state index contributed by atoms with van der Waals surface area (Å²) in [4.78, 5) is 0. The fourth-order valence-electron chi connectivity index (χ4n) is 2.03. The maximum Gasteiger partial charge on any atom is 0.137 e. The number of benzene rings is 1. The van der Waals surface area contributed by atoms with Gasteiger partial charge in [0.1, 0.15) is 17.3 Å². The van der Waals surface area contributed by atoms with Gasteiger partial charge in [-0.25, -0.2) is 4.39 Å². The van der Waals surface area contributed by atoms with Crippen LogP contribution in [0.1, 0.15) is 12.2 Å². The Balaban J connectivity index is 1.75. The molecule has 0 saturated heterocycles. The minimum absolute atomic E-state index is 0.165. The van der Waals surface area contributed by atoms with E-state index in [9.17, 15) is 4.39 Å². The number of hydrogen-bond donors (Lipinski definition) is 3. The zero-order valence-corrected chi connectivity index (χ0v) is 11.9. The van der Waals surface area contributed by atoms with Gasteiger partial charge < -0.3 is 20.2 Å². The van der Waals surface area contributed by atoms with Crippen LogP contribution < -0.4 is 10.6 Å². The molecule has 114 valence electrons. The van der Waals surface area contributed by atoms with Crippen LogP contribution in [-0.4, -0.2) is 31.3 Å². The molecule has 1 aromatic heterocycles. The fourth-order valence-corrected chi connectivity index (χ4v) is 2.03. The summed E-state index contributed by atoms with van der Waals surface area (Å²) >= 11 is 0. The second-order valence-electron chi connectivity index (χ2n) is 4.75. The molecule has 3 N–H and O–H groups in total. The summed E-state index contributed by atoms with van der Waals surface area (Å²) in [5.41, 5.74) is 0.483.